The van der Waals surface area contributed by atoms with Crippen molar-refractivity contribution in [2.45, 2.75) is 46.0 Å². The van der Waals surface area contributed by atoms with Crippen LogP contribution in [0.1, 0.15) is 46.0 Å². The van der Waals surface area contributed by atoms with Crippen molar-refractivity contribution in [2.24, 2.45) is 17.3 Å². The van der Waals surface area contributed by atoms with Crippen molar-refractivity contribution in [3.05, 3.63) is 0 Å². The van der Waals surface area contributed by atoms with Crippen molar-refractivity contribution in [2.75, 3.05) is 19.6 Å². The first kappa shape index (κ1) is 12.9. The lowest BCUT2D eigenvalue weighted by atomic mass is 9.72. The van der Waals surface area contributed by atoms with Gasteiger partial charge in [0.2, 0.25) is 0 Å². The van der Waals surface area contributed by atoms with Crippen LogP contribution in [0.25, 0.3) is 0 Å². The van der Waals surface area contributed by atoms with Gasteiger partial charge in [0.25, 0.3) is 0 Å². The van der Waals surface area contributed by atoms with Gasteiger partial charge < -0.3 is 10.0 Å². The van der Waals surface area contributed by atoms with Crippen LogP contribution < -0.4 is 0 Å². The van der Waals surface area contributed by atoms with Crippen LogP contribution in [0.4, 0.5) is 0 Å². The smallest absolute Gasteiger partial charge is 0.310 e. The average molecular weight is 239 g/mol. The molecule has 0 radical (unpaired) electrons. The van der Waals surface area contributed by atoms with Crippen molar-refractivity contribution in [3.8, 4) is 0 Å². The molecule has 2 aliphatic rings. The Hall–Kier alpha value is -0.570. The van der Waals surface area contributed by atoms with E-state index in [2.05, 4.69) is 18.7 Å². The highest BCUT2D eigenvalue weighted by Crippen LogP contribution is 2.39. The van der Waals surface area contributed by atoms with Crippen molar-refractivity contribution < 1.29 is 9.90 Å². The lowest BCUT2D eigenvalue weighted by Gasteiger charge is -2.46. The van der Waals surface area contributed by atoms with E-state index in [4.69, 9.17) is 0 Å². The van der Waals surface area contributed by atoms with Crippen LogP contribution in [0.3, 0.4) is 0 Å². The third kappa shape index (κ3) is 2.65. The molecule has 17 heavy (non-hydrogen) atoms. The van der Waals surface area contributed by atoms with Gasteiger partial charge in [0.05, 0.1) is 5.41 Å². The third-order valence-corrected chi connectivity index (χ3v) is 4.72. The second-order valence-electron chi connectivity index (χ2n) is 6.34. The zero-order chi connectivity index (χ0) is 12.5. The summed E-state index contributed by atoms with van der Waals surface area (Å²) in [5, 5.41) is 9.51. The Morgan fingerprint density at radius 3 is 2.35 bits per heavy atom. The van der Waals surface area contributed by atoms with E-state index >= 15 is 0 Å². The van der Waals surface area contributed by atoms with Crippen LogP contribution in [0.2, 0.25) is 0 Å². The number of rotatable bonds is 4. The van der Waals surface area contributed by atoms with Gasteiger partial charge in [0.15, 0.2) is 0 Å². The monoisotopic (exact) mass is 239 g/mol. The minimum Gasteiger partial charge on any atom is -0.481 e. The number of carboxylic acids is 1. The summed E-state index contributed by atoms with van der Waals surface area (Å²) in [6.45, 7) is 7.51. The maximum Gasteiger partial charge on any atom is 0.310 e. The predicted molar refractivity (Wildman–Crippen MR) is 67.9 cm³/mol. The Morgan fingerprint density at radius 1 is 1.29 bits per heavy atom. The molecule has 0 amide bonds. The van der Waals surface area contributed by atoms with Gasteiger partial charge in [-0.3, -0.25) is 4.79 Å². The van der Waals surface area contributed by atoms with Crippen molar-refractivity contribution in [3.63, 3.8) is 0 Å². The minimum atomic E-state index is -0.565. The predicted octanol–water partition coefficient (Wildman–Crippen LogP) is 2.61. The number of hydrogen-bond acceptors (Lipinski definition) is 2. The second kappa shape index (κ2) is 4.97. The Balaban J connectivity index is 1.89. The van der Waals surface area contributed by atoms with Gasteiger partial charge in [-0.1, -0.05) is 33.1 Å². The topological polar surface area (TPSA) is 40.5 Å². The van der Waals surface area contributed by atoms with Gasteiger partial charge in [-0.05, 0) is 24.7 Å². The molecule has 0 bridgehead atoms. The van der Waals surface area contributed by atoms with Crippen LogP contribution in [-0.2, 0) is 4.79 Å². The van der Waals surface area contributed by atoms with Crippen LogP contribution in [0.15, 0.2) is 0 Å². The fourth-order valence-electron chi connectivity index (χ4n) is 3.26. The van der Waals surface area contributed by atoms with Gasteiger partial charge >= 0.3 is 5.97 Å². The molecule has 0 unspecified atom stereocenters. The largest absolute Gasteiger partial charge is 0.481 e. The van der Waals surface area contributed by atoms with E-state index in [0.29, 0.717) is 0 Å². The number of nitrogens with zero attached hydrogens (tertiary/aromatic N) is 1. The number of carboxylic acid groups (broad SMARTS) is 1. The van der Waals surface area contributed by atoms with Gasteiger partial charge in [-0.2, -0.15) is 0 Å². The van der Waals surface area contributed by atoms with Gasteiger partial charge in [-0.25, -0.2) is 0 Å². The van der Waals surface area contributed by atoms with Crippen LogP contribution >= 0.6 is 0 Å². The van der Waals surface area contributed by atoms with Crippen LogP contribution in [0.5, 0.6) is 0 Å². The van der Waals surface area contributed by atoms with Crippen molar-refractivity contribution in [1.82, 2.24) is 4.90 Å². The summed E-state index contributed by atoms with van der Waals surface area (Å²) in [6, 6.07) is 0. The van der Waals surface area contributed by atoms with Gasteiger partial charge in [0, 0.05) is 19.6 Å². The highest BCUT2D eigenvalue weighted by molar-refractivity contribution is 5.75. The Kier molecular flexibility index (Phi) is 3.76. The molecular formula is C14H25NO2. The first-order valence-electron chi connectivity index (χ1n) is 6.99. The maximum atomic E-state index is 11.5. The summed E-state index contributed by atoms with van der Waals surface area (Å²) >= 11 is 0. The summed E-state index contributed by atoms with van der Waals surface area (Å²) in [5.74, 6) is 0.952. The van der Waals surface area contributed by atoms with Crippen LogP contribution in [-0.4, -0.2) is 35.6 Å². The molecule has 0 aromatic heterocycles. The molecule has 98 valence electrons. The van der Waals surface area contributed by atoms with E-state index in [0.717, 1.165) is 57.2 Å². The molecule has 3 nitrogen and oxygen atoms in total. The quantitative estimate of drug-likeness (QED) is 0.820. The lowest BCUT2D eigenvalue weighted by Crippen LogP contribution is -2.55. The summed E-state index contributed by atoms with van der Waals surface area (Å²) in [6.07, 6.45) is 5.15. The maximum absolute atomic E-state index is 11.5. The second-order valence-corrected chi connectivity index (χ2v) is 6.34. The highest BCUT2D eigenvalue weighted by atomic mass is 16.4. The Morgan fingerprint density at radius 2 is 1.88 bits per heavy atom. The molecule has 3 heteroatoms. The zero-order valence-electron chi connectivity index (χ0n) is 11.1. The standard InChI is InChI=1S/C14H25NO2/c1-11(2)12-8-15(9-12)10-14(13(16)17)6-4-3-5-7-14/h11-12H,3-10H2,1-2H3,(H,16,17). The molecule has 1 heterocycles. The number of aliphatic carboxylic acids is 1. The number of carbonyl (C=O) groups is 1. The van der Waals surface area contributed by atoms with E-state index < -0.39 is 11.4 Å². The molecule has 2 fully saturated rings. The molecular weight excluding hydrogens is 214 g/mol. The van der Waals surface area contributed by atoms with E-state index in [1.165, 1.54) is 6.42 Å². The van der Waals surface area contributed by atoms with E-state index in [-0.39, 0.29) is 0 Å². The highest BCUT2D eigenvalue weighted by Gasteiger charge is 2.43. The van der Waals surface area contributed by atoms with E-state index in [1.807, 2.05) is 0 Å². The number of hydrogen-bond donors (Lipinski definition) is 1. The molecule has 1 N–H and O–H groups in total. The van der Waals surface area contributed by atoms with Gasteiger partial charge in [0.1, 0.15) is 0 Å². The summed E-state index contributed by atoms with van der Waals surface area (Å²) in [5.41, 5.74) is -0.430. The molecule has 1 aliphatic heterocycles. The molecule has 0 aromatic carbocycles. The van der Waals surface area contributed by atoms with E-state index in [9.17, 15) is 9.90 Å². The molecule has 1 aliphatic carbocycles. The Labute approximate surface area is 104 Å². The Bertz CT molecular complexity index is 276. The number of likely N-dealkylation sites (tertiary alicyclic amines) is 1. The summed E-state index contributed by atoms with van der Waals surface area (Å²) in [7, 11) is 0. The summed E-state index contributed by atoms with van der Waals surface area (Å²) < 4.78 is 0. The normalized spacial score (nSPS) is 25.8. The molecule has 1 saturated carbocycles. The minimum absolute atomic E-state index is 0.430. The zero-order valence-corrected chi connectivity index (χ0v) is 11.1. The first-order valence-corrected chi connectivity index (χ1v) is 6.99. The fourth-order valence-corrected chi connectivity index (χ4v) is 3.26. The molecule has 0 spiro atoms. The third-order valence-electron chi connectivity index (χ3n) is 4.72. The molecule has 0 atom stereocenters. The molecule has 0 aromatic rings. The lowest BCUT2D eigenvalue weighted by molar-refractivity contribution is -0.154. The summed E-state index contributed by atoms with van der Waals surface area (Å²) in [4.78, 5) is 13.9. The van der Waals surface area contributed by atoms with Gasteiger partial charge in [-0.15, -0.1) is 0 Å². The first-order chi connectivity index (χ1) is 8.03. The van der Waals surface area contributed by atoms with Crippen molar-refractivity contribution >= 4 is 5.97 Å². The molecule has 1 saturated heterocycles. The van der Waals surface area contributed by atoms with Crippen LogP contribution in [0, 0.1) is 17.3 Å². The average Bonchev–Trinajstić information content (AvgIpc) is 2.23. The SMILES string of the molecule is CC(C)C1CN(CC2(C(=O)O)CCCCC2)C1. The van der Waals surface area contributed by atoms with E-state index in [1.54, 1.807) is 0 Å². The van der Waals surface area contributed by atoms with Crippen molar-refractivity contribution in [1.29, 1.82) is 0 Å². The fraction of sp³-hybridized carbons (Fsp3) is 0.929. The molecule has 2 rings (SSSR count).